The van der Waals surface area contributed by atoms with Crippen molar-refractivity contribution in [3.05, 3.63) is 59.1 Å². The summed E-state index contributed by atoms with van der Waals surface area (Å²) in [6.45, 7) is 4.42. The van der Waals surface area contributed by atoms with E-state index in [-0.39, 0.29) is 5.78 Å². The average Bonchev–Trinajstić information content (AvgIpc) is 2.63. The Morgan fingerprint density at radius 2 is 1.67 bits per heavy atom. The molecule has 2 rings (SSSR count). The van der Waals surface area contributed by atoms with Crippen molar-refractivity contribution in [1.82, 2.24) is 0 Å². The van der Waals surface area contributed by atoms with Gasteiger partial charge in [0.15, 0.2) is 18.0 Å². The van der Waals surface area contributed by atoms with E-state index in [1.807, 2.05) is 0 Å². The molecule has 0 bridgehead atoms. The third kappa shape index (κ3) is 6.11. The molecule has 7 heteroatoms. The summed E-state index contributed by atoms with van der Waals surface area (Å²) in [5, 5.41) is 3.17. The van der Waals surface area contributed by atoms with Crippen LogP contribution < -0.4 is 10.1 Å². The van der Waals surface area contributed by atoms with Crippen LogP contribution in [0, 0.1) is 0 Å². The molecule has 0 aliphatic rings. The second-order valence-electron chi connectivity index (χ2n) is 5.92. The lowest BCUT2D eigenvalue weighted by atomic mass is 10.1. The van der Waals surface area contributed by atoms with E-state index >= 15 is 0 Å². The minimum absolute atomic E-state index is 0.112. The Kier molecular flexibility index (Phi) is 6.96. The monoisotopic (exact) mass is 389 g/mol. The molecule has 0 aliphatic heterocycles. The average molecular weight is 390 g/mol. The summed E-state index contributed by atoms with van der Waals surface area (Å²) in [5.41, 5.74) is 0.920. The van der Waals surface area contributed by atoms with Gasteiger partial charge in [0, 0.05) is 16.3 Å². The first-order chi connectivity index (χ1) is 12.8. The maximum absolute atomic E-state index is 12.2. The molecular formula is C20H20ClNO5. The van der Waals surface area contributed by atoms with E-state index in [4.69, 9.17) is 21.1 Å². The van der Waals surface area contributed by atoms with E-state index in [0.717, 1.165) is 0 Å². The Morgan fingerprint density at radius 3 is 2.30 bits per heavy atom. The van der Waals surface area contributed by atoms with Gasteiger partial charge in [-0.25, -0.2) is 4.79 Å². The molecule has 0 heterocycles. The Hall–Kier alpha value is -2.86. The number of nitrogens with one attached hydrogen (secondary N) is 1. The van der Waals surface area contributed by atoms with Crippen LogP contribution in [-0.4, -0.2) is 29.9 Å². The van der Waals surface area contributed by atoms with Crippen molar-refractivity contribution in [2.24, 2.45) is 0 Å². The highest BCUT2D eigenvalue weighted by molar-refractivity contribution is 6.30. The molecule has 6 nitrogen and oxygen atoms in total. The van der Waals surface area contributed by atoms with Crippen LogP contribution in [0.15, 0.2) is 48.5 Å². The van der Waals surface area contributed by atoms with E-state index in [1.54, 1.807) is 48.5 Å². The molecule has 2 aromatic carbocycles. The summed E-state index contributed by atoms with van der Waals surface area (Å²) in [6.07, 6.45) is -1.93. The lowest BCUT2D eigenvalue weighted by Crippen LogP contribution is -2.35. The zero-order valence-electron chi connectivity index (χ0n) is 15.2. The molecule has 0 saturated heterocycles. The highest BCUT2D eigenvalue weighted by atomic mass is 35.5. The highest BCUT2D eigenvalue weighted by Crippen LogP contribution is 2.17. The van der Waals surface area contributed by atoms with Gasteiger partial charge in [-0.3, -0.25) is 9.59 Å². The minimum atomic E-state index is -1.03. The van der Waals surface area contributed by atoms with Crippen molar-refractivity contribution >= 4 is 34.9 Å². The van der Waals surface area contributed by atoms with Crippen LogP contribution in [0.2, 0.25) is 5.02 Å². The number of ketones is 1. The second-order valence-corrected chi connectivity index (χ2v) is 6.36. The normalized spacial score (nSPS) is 12.6. The number of amides is 1. The van der Waals surface area contributed by atoms with Gasteiger partial charge in [-0.15, -0.1) is 0 Å². The first-order valence-electron chi connectivity index (χ1n) is 8.31. The molecule has 0 spiro atoms. The van der Waals surface area contributed by atoms with Crippen LogP contribution in [0.3, 0.4) is 0 Å². The van der Waals surface area contributed by atoms with Crippen molar-refractivity contribution in [1.29, 1.82) is 0 Å². The number of anilines is 1. The largest absolute Gasteiger partial charge is 0.479 e. The van der Waals surface area contributed by atoms with Crippen molar-refractivity contribution in [2.75, 3.05) is 5.32 Å². The Balaban J connectivity index is 1.90. The van der Waals surface area contributed by atoms with Crippen LogP contribution in [0.5, 0.6) is 5.75 Å². The number of carbonyl (C=O) groups is 3. The molecule has 2 atom stereocenters. The first-order valence-corrected chi connectivity index (χ1v) is 8.68. The standard InChI is InChI=1S/C20H20ClNO5/c1-12(23)15-5-4-6-17(11-15)22-19(24)13(2)27-20(25)14(3)26-18-9-7-16(21)8-10-18/h4-11,13-14H,1-3H3,(H,22,24)/t13-,14+/m1/s1. The van der Waals surface area contributed by atoms with Crippen molar-refractivity contribution in [3.8, 4) is 5.75 Å². The maximum atomic E-state index is 12.2. The van der Waals surface area contributed by atoms with Gasteiger partial charge in [-0.2, -0.15) is 0 Å². The van der Waals surface area contributed by atoms with Gasteiger partial charge in [-0.1, -0.05) is 23.7 Å². The third-order valence-electron chi connectivity index (χ3n) is 3.66. The van der Waals surface area contributed by atoms with E-state index in [2.05, 4.69) is 5.32 Å². The number of rotatable bonds is 7. The number of esters is 1. The SMILES string of the molecule is CC(=O)c1cccc(NC(=O)[C@@H](C)OC(=O)[C@H](C)Oc2ccc(Cl)cc2)c1. The van der Waals surface area contributed by atoms with Crippen LogP contribution in [0.1, 0.15) is 31.1 Å². The van der Waals surface area contributed by atoms with Gasteiger partial charge in [0.2, 0.25) is 0 Å². The lowest BCUT2D eigenvalue weighted by molar-refractivity contribution is -0.159. The van der Waals surface area contributed by atoms with E-state index < -0.39 is 24.1 Å². The molecule has 0 radical (unpaired) electrons. The molecule has 142 valence electrons. The predicted molar refractivity (Wildman–Crippen MR) is 102 cm³/mol. The summed E-state index contributed by atoms with van der Waals surface area (Å²) >= 11 is 5.80. The predicted octanol–water partition coefficient (Wildman–Crippen LogP) is 3.88. The zero-order chi connectivity index (χ0) is 20.0. The third-order valence-corrected chi connectivity index (χ3v) is 3.91. The summed E-state index contributed by atoms with van der Waals surface area (Å²) in [4.78, 5) is 35.7. The molecule has 0 saturated carbocycles. The summed E-state index contributed by atoms with van der Waals surface area (Å²) in [7, 11) is 0. The van der Waals surface area contributed by atoms with Gasteiger partial charge in [0.1, 0.15) is 5.75 Å². The van der Waals surface area contributed by atoms with E-state index in [9.17, 15) is 14.4 Å². The van der Waals surface area contributed by atoms with Crippen LogP contribution in [0.4, 0.5) is 5.69 Å². The lowest BCUT2D eigenvalue weighted by Gasteiger charge is -2.18. The zero-order valence-corrected chi connectivity index (χ0v) is 15.9. The van der Waals surface area contributed by atoms with Gasteiger partial charge in [0.05, 0.1) is 0 Å². The molecule has 0 aromatic heterocycles. The second kappa shape index (κ2) is 9.19. The Morgan fingerprint density at radius 1 is 1.00 bits per heavy atom. The van der Waals surface area contributed by atoms with E-state index in [0.29, 0.717) is 22.0 Å². The van der Waals surface area contributed by atoms with Gasteiger partial charge in [-0.05, 0) is 57.2 Å². The number of benzene rings is 2. The fourth-order valence-corrected chi connectivity index (χ4v) is 2.27. The number of ether oxygens (including phenoxy) is 2. The van der Waals surface area contributed by atoms with Gasteiger partial charge in [0.25, 0.3) is 5.91 Å². The van der Waals surface area contributed by atoms with Crippen LogP contribution in [0.25, 0.3) is 0 Å². The van der Waals surface area contributed by atoms with Crippen LogP contribution in [-0.2, 0) is 14.3 Å². The molecule has 1 amide bonds. The Bertz CT molecular complexity index is 835. The van der Waals surface area contributed by atoms with Gasteiger partial charge >= 0.3 is 5.97 Å². The quantitative estimate of drug-likeness (QED) is 0.574. The molecule has 0 fully saturated rings. The number of Topliss-reactive ketones (excluding diaryl/α,β-unsaturated/α-hetero) is 1. The van der Waals surface area contributed by atoms with Crippen molar-refractivity contribution in [3.63, 3.8) is 0 Å². The van der Waals surface area contributed by atoms with Crippen LogP contribution >= 0.6 is 11.6 Å². The Labute approximate surface area is 162 Å². The topological polar surface area (TPSA) is 81.7 Å². The number of hydrogen-bond donors (Lipinski definition) is 1. The molecular weight excluding hydrogens is 370 g/mol. The van der Waals surface area contributed by atoms with E-state index in [1.165, 1.54) is 20.8 Å². The fraction of sp³-hybridized carbons (Fsp3) is 0.250. The summed E-state index contributed by atoms with van der Waals surface area (Å²) in [5.74, 6) is -0.839. The molecule has 27 heavy (non-hydrogen) atoms. The highest BCUT2D eigenvalue weighted by Gasteiger charge is 2.23. The molecule has 1 N–H and O–H groups in total. The molecule has 0 aliphatic carbocycles. The number of carbonyl (C=O) groups excluding carboxylic acids is 3. The first kappa shape index (κ1) is 20.5. The minimum Gasteiger partial charge on any atom is -0.479 e. The maximum Gasteiger partial charge on any atom is 0.347 e. The number of halogens is 1. The van der Waals surface area contributed by atoms with Crippen molar-refractivity contribution < 1.29 is 23.9 Å². The molecule has 2 aromatic rings. The summed E-state index contributed by atoms with van der Waals surface area (Å²) in [6, 6.07) is 13.0. The smallest absolute Gasteiger partial charge is 0.347 e. The van der Waals surface area contributed by atoms with Crippen molar-refractivity contribution in [2.45, 2.75) is 33.0 Å². The molecule has 0 unspecified atom stereocenters. The van der Waals surface area contributed by atoms with Gasteiger partial charge < -0.3 is 14.8 Å². The fourth-order valence-electron chi connectivity index (χ4n) is 2.15. The summed E-state index contributed by atoms with van der Waals surface area (Å²) < 4.78 is 10.6. The number of hydrogen-bond acceptors (Lipinski definition) is 5.